The van der Waals surface area contributed by atoms with Crippen molar-refractivity contribution in [3.63, 3.8) is 0 Å². The molecule has 0 radical (unpaired) electrons. The zero-order valence-electron chi connectivity index (χ0n) is 11.3. The van der Waals surface area contributed by atoms with Crippen molar-refractivity contribution in [3.8, 4) is 0 Å². The van der Waals surface area contributed by atoms with E-state index in [1.165, 1.54) is 27.8 Å². The molecule has 1 heterocycles. The van der Waals surface area contributed by atoms with Crippen molar-refractivity contribution in [3.05, 3.63) is 0 Å². The van der Waals surface area contributed by atoms with Crippen LogP contribution < -0.4 is 5.32 Å². The Labute approximate surface area is 110 Å². The minimum absolute atomic E-state index is 0.283. The van der Waals surface area contributed by atoms with Gasteiger partial charge in [0.2, 0.25) is 5.91 Å². The van der Waals surface area contributed by atoms with E-state index in [1.807, 2.05) is 0 Å². The van der Waals surface area contributed by atoms with Gasteiger partial charge in [0.25, 0.3) is 5.91 Å². The molecular formula is C11H17N3O5. The van der Waals surface area contributed by atoms with Crippen LogP contribution in [0.3, 0.4) is 0 Å². The molecule has 0 aliphatic carbocycles. The van der Waals surface area contributed by atoms with Crippen molar-refractivity contribution in [2.45, 2.75) is 32.4 Å². The van der Waals surface area contributed by atoms with Crippen LogP contribution >= 0.6 is 0 Å². The number of nitrogens with one attached hydrogen (secondary N) is 1. The number of piperazine rings is 1. The quantitative estimate of drug-likeness (QED) is 0.642. The molecule has 0 bridgehead atoms. The summed E-state index contributed by atoms with van der Waals surface area (Å²) in [5.74, 6) is -2.34. The van der Waals surface area contributed by atoms with Gasteiger partial charge in [0.05, 0.1) is 0 Å². The molecule has 106 valence electrons. The molecule has 4 amide bonds. The first kappa shape index (κ1) is 14.9. The van der Waals surface area contributed by atoms with E-state index in [4.69, 9.17) is 5.11 Å². The first-order chi connectivity index (χ1) is 8.59. The van der Waals surface area contributed by atoms with Crippen LogP contribution in [-0.2, 0) is 14.4 Å². The van der Waals surface area contributed by atoms with Crippen LogP contribution in [0.25, 0.3) is 0 Å². The van der Waals surface area contributed by atoms with Gasteiger partial charge in [0.1, 0.15) is 18.1 Å². The van der Waals surface area contributed by atoms with Gasteiger partial charge in [-0.2, -0.15) is 0 Å². The maximum Gasteiger partial charge on any atom is 0.326 e. The monoisotopic (exact) mass is 271 g/mol. The molecule has 1 saturated heterocycles. The molecule has 1 rings (SSSR count). The fraction of sp³-hybridized carbons (Fsp3) is 0.636. The third-order valence-electron chi connectivity index (χ3n) is 3.26. The minimum Gasteiger partial charge on any atom is -0.480 e. The molecule has 0 aromatic rings. The summed E-state index contributed by atoms with van der Waals surface area (Å²) >= 11 is 0. The average Bonchev–Trinajstić information content (AvgIpc) is 2.31. The molecule has 0 aromatic carbocycles. The highest BCUT2D eigenvalue weighted by Crippen LogP contribution is 2.20. The second-order valence-electron chi connectivity index (χ2n) is 4.93. The summed E-state index contributed by atoms with van der Waals surface area (Å²) in [4.78, 5) is 48.2. The predicted molar refractivity (Wildman–Crippen MR) is 64.2 cm³/mol. The molecule has 8 heteroatoms. The predicted octanol–water partition coefficient (Wildman–Crippen LogP) is -0.752. The van der Waals surface area contributed by atoms with E-state index < -0.39 is 35.4 Å². The molecule has 8 nitrogen and oxygen atoms in total. The number of carboxylic acids is 1. The molecule has 1 aliphatic heterocycles. The van der Waals surface area contributed by atoms with Crippen LogP contribution in [0.15, 0.2) is 0 Å². The Balaban J connectivity index is 2.99. The van der Waals surface area contributed by atoms with Crippen LogP contribution in [0.2, 0.25) is 0 Å². The molecule has 1 aliphatic rings. The van der Waals surface area contributed by atoms with Gasteiger partial charge >= 0.3 is 12.0 Å². The summed E-state index contributed by atoms with van der Waals surface area (Å²) in [5, 5.41) is 11.0. The Hall–Kier alpha value is -2.12. The Morgan fingerprint density at radius 3 is 2.42 bits per heavy atom. The molecule has 0 saturated carbocycles. The van der Waals surface area contributed by atoms with E-state index >= 15 is 0 Å². The van der Waals surface area contributed by atoms with Crippen LogP contribution in [-0.4, -0.2) is 63.9 Å². The third-order valence-corrected chi connectivity index (χ3v) is 3.26. The summed E-state index contributed by atoms with van der Waals surface area (Å²) in [7, 11) is 1.31. The smallest absolute Gasteiger partial charge is 0.326 e. The van der Waals surface area contributed by atoms with E-state index in [0.717, 1.165) is 9.80 Å². The molecule has 19 heavy (non-hydrogen) atoms. The normalized spacial score (nSPS) is 19.7. The van der Waals surface area contributed by atoms with Crippen molar-refractivity contribution in [1.82, 2.24) is 15.1 Å². The van der Waals surface area contributed by atoms with Gasteiger partial charge in [-0.25, -0.2) is 9.59 Å². The number of hydrogen-bond acceptors (Lipinski definition) is 4. The standard InChI is InChI=1S/C11H17N3O5/c1-6(8(16)17)13(4)10(19)14-5-7(15)12-9(18)11(14,2)3/h6H,5H2,1-4H3,(H,16,17)(H,12,15,18). The Bertz CT molecular complexity index is 446. The number of nitrogens with zero attached hydrogens (tertiary/aromatic N) is 2. The molecule has 1 fully saturated rings. The minimum atomic E-state index is -1.21. The summed E-state index contributed by atoms with van der Waals surface area (Å²) in [6, 6.07) is -1.73. The topological polar surface area (TPSA) is 107 Å². The lowest BCUT2D eigenvalue weighted by molar-refractivity contribution is -0.143. The number of likely N-dealkylation sites (N-methyl/N-ethyl adjacent to an activating group) is 1. The summed E-state index contributed by atoms with van der Waals surface area (Å²) in [6.07, 6.45) is 0. The summed E-state index contributed by atoms with van der Waals surface area (Å²) in [6.45, 7) is 4.05. The van der Waals surface area contributed by atoms with Gasteiger partial charge in [0.15, 0.2) is 0 Å². The fourth-order valence-electron chi connectivity index (χ4n) is 1.61. The van der Waals surface area contributed by atoms with E-state index in [-0.39, 0.29) is 6.54 Å². The van der Waals surface area contributed by atoms with Gasteiger partial charge in [-0.3, -0.25) is 14.9 Å². The van der Waals surface area contributed by atoms with Gasteiger partial charge in [0, 0.05) is 7.05 Å². The highest BCUT2D eigenvalue weighted by atomic mass is 16.4. The van der Waals surface area contributed by atoms with Crippen molar-refractivity contribution in [2.24, 2.45) is 0 Å². The largest absolute Gasteiger partial charge is 0.480 e. The SMILES string of the molecule is CC(C(=O)O)N(C)C(=O)N1CC(=O)NC(=O)C1(C)C. The maximum atomic E-state index is 12.2. The van der Waals surface area contributed by atoms with E-state index in [2.05, 4.69) is 5.32 Å². The lowest BCUT2D eigenvalue weighted by atomic mass is 9.99. The zero-order chi connectivity index (χ0) is 15.0. The van der Waals surface area contributed by atoms with E-state index in [9.17, 15) is 19.2 Å². The number of aliphatic carboxylic acids is 1. The number of imide groups is 1. The van der Waals surface area contributed by atoms with Gasteiger partial charge in [-0.05, 0) is 20.8 Å². The highest BCUT2D eigenvalue weighted by Gasteiger charge is 2.45. The summed E-state index contributed by atoms with van der Waals surface area (Å²) in [5.41, 5.74) is -1.21. The number of hydrogen-bond donors (Lipinski definition) is 2. The van der Waals surface area contributed by atoms with E-state index in [0.29, 0.717) is 0 Å². The van der Waals surface area contributed by atoms with Crippen LogP contribution in [0.5, 0.6) is 0 Å². The molecule has 0 aromatic heterocycles. The van der Waals surface area contributed by atoms with Gasteiger partial charge in [-0.1, -0.05) is 0 Å². The Morgan fingerprint density at radius 1 is 1.42 bits per heavy atom. The number of carbonyl (C=O) groups is 4. The molecule has 1 unspecified atom stereocenters. The lowest BCUT2D eigenvalue weighted by Crippen LogP contribution is -2.67. The van der Waals surface area contributed by atoms with Crippen LogP contribution in [0.1, 0.15) is 20.8 Å². The van der Waals surface area contributed by atoms with Crippen molar-refractivity contribution >= 4 is 23.8 Å². The number of urea groups is 1. The average molecular weight is 271 g/mol. The van der Waals surface area contributed by atoms with Crippen molar-refractivity contribution < 1.29 is 24.3 Å². The first-order valence-corrected chi connectivity index (χ1v) is 5.70. The van der Waals surface area contributed by atoms with Crippen molar-refractivity contribution in [2.75, 3.05) is 13.6 Å². The molecule has 2 N–H and O–H groups in total. The second kappa shape index (κ2) is 4.87. The number of amides is 4. The van der Waals surface area contributed by atoms with Crippen LogP contribution in [0.4, 0.5) is 4.79 Å². The molecule has 1 atom stereocenters. The second-order valence-corrected chi connectivity index (χ2v) is 4.93. The van der Waals surface area contributed by atoms with Crippen molar-refractivity contribution in [1.29, 1.82) is 0 Å². The number of carboxylic acid groups (broad SMARTS) is 1. The van der Waals surface area contributed by atoms with E-state index in [1.54, 1.807) is 0 Å². The molecule has 0 spiro atoms. The fourth-order valence-corrected chi connectivity index (χ4v) is 1.61. The third kappa shape index (κ3) is 2.67. The lowest BCUT2D eigenvalue weighted by Gasteiger charge is -2.42. The summed E-state index contributed by atoms with van der Waals surface area (Å²) < 4.78 is 0. The zero-order valence-corrected chi connectivity index (χ0v) is 11.3. The number of carbonyl (C=O) groups excluding carboxylic acids is 3. The first-order valence-electron chi connectivity index (χ1n) is 5.70. The highest BCUT2D eigenvalue weighted by molar-refractivity contribution is 6.06. The van der Waals surface area contributed by atoms with Gasteiger partial charge in [-0.15, -0.1) is 0 Å². The maximum absolute atomic E-state index is 12.2. The van der Waals surface area contributed by atoms with Gasteiger partial charge < -0.3 is 14.9 Å². The number of rotatable bonds is 2. The Morgan fingerprint density at radius 2 is 1.95 bits per heavy atom. The molecular weight excluding hydrogens is 254 g/mol. The van der Waals surface area contributed by atoms with Crippen LogP contribution in [0, 0.1) is 0 Å². The Kier molecular flexibility index (Phi) is 3.83.